The van der Waals surface area contributed by atoms with Gasteiger partial charge in [0.05, 0.1) is 7.11 Å². The number of hydrogen-bond donors (Lipinski definition) is 1. The van der Waals surface area contributed by atoms with Gasteiger partial charge in [-0.3, -0.25) is 4.79 Å². The molecule has 25 heavy (non-hydrogen) atoms. The van der Waals surface area contributed by atoms with Crippen LogP contribution in [0.15, 0.2) is 54.6 Å². The maximum Gasteiger partial charge on any atom is 0.408 e. The Labute approximate surface area is 145 Å². The van der Waals surface area contributed by atoms with Crippen LogP contribution in [0, 0.1) is 6.92 Å². The van der Waals surface area contributed by atoms with Gasteiger partial charge in [0.1, 0.15) is 6.61 Å². The monoisotopic (exact) mass is 341 g/mol. The minimum atomic E-state index is -1.46. The summed E-state index contributed by atoms with van der Waals surface area (Å²) in [7, 11) is 1.15. The van der Waals surface area contributed by atoms with Gasteiger partial charge in [-0.2, -0.15) is 0 Å². The second kappa shape index (κ2) is 8.63. The Balaban J connectivity index is 2.04. The molecular formula is C19H19NO5. The molecule has 1 amide bonds. The highest BCUT2D eigenvalue weighted by Gasteiger charge is 2.30. The molecule has 130 valence electrons. The Morgan fingerprint density at radius 3 is 2.24 bits per heavy atom. The van der Waals surface area contributed by atoms with Crippen molar-refractivity contribution in [1.29, 1.82) is 0 Å². The number of amides is 1. The summed E-state index contributed by atoms with van der Waals surface area (Å²) in [4.78, 5) is 36.3. The number of methoxy groups -OCH3 is 1. The van der Waals surface area contributed by atoms with E-state index in [-0.39, 0.29) is 6.61 Å². The maximum absolute atomic E-state index is 12.5. The third kappa shape index (κ3) is 5.17. The lowest BCUT2D eigenvalue weighted by atomic mass is 10.0. The van der Waals surface area contributed by atoms with Gasteiger partial charge in [-0.15, -0.1) is 0 Å². The molecular weight excluding hydrogens is 322 g/mol. The average molecular weight is 341 g/mol. The molecule has 0 fully saturated rings. The zero-order valence-corrected chi connectivity index (χ0v) is 14.0. The summed E-state index contributed by atoms with van der Waals surface area (Å²) in [5, 5.41) is 2.27. The number of hydrogen-bond acceptors (Lipinski definition) is 5. The molecule has 0 radical (unpaired) electrons. The van der Waals surface area contributed by atoms with Crippen LogP contribution in [0.25, 0.3) is 0 Å². The first-order chi connectivity index (χ1) is 12.0. The van der Waals surface area contributed by atoms with Crippen molar-refractivity contribution in [3.63, 3.8) is 0 Å². The van der Waals surface area contributed by atoms with E-state index < -0.39 is 23.9 Å². The number of carbonyl (C=O) groups is 3. The Kier molecular flexibility index (Phi) is 6.28. The SMILES string of the molecule is COC(=O)C(NC(=O)OCc1ccccc1)C(=O)c1ccc(C)cc1. The predicted octanol–water partition coefficient (Wildman–Crippen LogP) is 2.65. The van der Waals surface area contributed by atoms with Gasteiger partial charge < -0.3 is 14.8 Å². The van der Waals surface area contributed by atoms with Crippen molar-refractivity contribution in [2.24, 2.45) is 0 Å². The molecule has 2 aromatic carbocycles. The number of rotatable bonds is 6. The van der Waals surface area contributed by atoms with Crippen molar-refractivity contribution in [3.05, 3.63) is 71.3 Å². The summed E-state index contributed by atoms with van der Waals surface area (Å²) < 4.78 is 9.66. The molecule has 0 aliphatic carbocycles. The van der Waals surface area contributed by atoms with Crippen LogP contribution < -0.4 is 5.32 Å². The van der Waals surface area contributed by atoms with Gasteiger partial charge in [-0.1, -0.05) is 60.2 Å². The number of ether oxygens (including phenoxy) is 2. The molecule has 6 heteroatoms. The van der Waals surface area contributed by atoms with Crippen molar-refractivity contribution in [2.45, 2.75) is 19.6 Å². The number of carbonyl (C=O) groups excluding carboxylic acids is 3. The average Bonchev–Trinajstić information content (AvgIpc) is 2.64. The topological polar surface area (TPSA) is 81.7 Å². The third-order valence-electron chi connectivity index (χ3n) is 3.51. The molecule has 1 unspecified atom stereocenters. The van der Waals surface area contributed by atoms with E-state index in [9.17, 15) is 14.4 Å². The Bertz CT molecular complexity index is 740. The molecule has 0 saturated heterocycles. The normalized spacial score (nSPS) is 11.3. The third-order valence-corrected chi connectivity index (χ3v) is 3.51. The highest BCUT2D eigenvalue weighted by atomic mass is 16.6. The number of benzene rings is 2. The highest BCUT2D eigenvalue weighted by Crippen LogP contribution is 2.08. The zero-order valence-electron chi connectivity index (χ0n) is 14.0. The van der Waals surface area contributed by atoms with Crippen molar-refractivity contribution in [1.82, 2.24) is 5.32 Å². The van der Waals surface area contributed by atoms with Crippen LogP contribution >= 0.6 is 0 Å². The predicted molar refractivity (Wildman–Crippen MR) is 91.1 cm³/mol. The smallest absolute Gasteiger partial charge is 0.408 e. The van der Waals surface area contributed by atoms with Crippen molar-refractivity contribution >= 4 is 17.8 Å². The van der Waals surface area contributed by atoms with E-state index in [1.165, 1.54) is 0 Å². The van der Waals surface area contributed by atoms with Crippen LogP contribution in [0.5, 0.6) is 0 Å². The number of Topliss-reactive ketones (excluding diaryl/α,β-unsaturated/α-hetero) is 1. The summed E-state index contributed by atoms with van der Waals surface area (Å²) >= 11 is 0. The molecule has 1 N–H and O–H groups in total. The van der Waals surface area contributed by atoms with E-state index in [0.717, 1.165) is 18.2 Å². The molecule has 0 aromatic heterocycles. The van der Waals surface area contributed by atoms with Crippen molar-refractivity contribution in [3.8, 4) is 0 Å². The van der Waals surface area contributed by atoms with Gasteiger partial charge in [-0.05, 0) is 12.5 Å². The molecule has 0 saturated carbocycles. The highest BCUT2D eigenvalue weighted by molar-refractivity contribution is 6.13. The summed E-state index contributed by atoms with van der Waals surface area (Å²) in [6.07, 6.45) is -0.875. The van der Waals surface area contributed by atoms with E-state index in [4.69, 9.17) is 4.74 Å². The molecule has 2 aromatic rings. The van der Waals surface area contributed by atoms with Gasteiger partial charge >= 0.3 is 12.1 Å². The minimum absolute atomic E-state index is 0.0271. The van der Waals surface area contributed by atoms with Crippen LogP contribution in [-0.2, 0) is 20.9 Å². The fourth-order valence-corrected chi connectivity index (χ4v) is 2.12. The molecule has 0 aliphatic heterocycles. The standard InChI is InChI=1S/C19H19NO5/c1-13-8-10-15(11-9-13)17(21)16(18(22)24-2)20-19(23)25-12-14-6-4-3-5-7-14/h3-11,16H,12H2,1-2H3,(H,20,23). The van der Waals surface area contributed by atoms with Crippen LogP contribution in [0.4, 0.5) is 4.79 Å². The van der Waals surface area contributed by atoms with Gasteiger partial charge in [0.25, 0.3) is 0 Å². The van der Waals surface area contributed by atoms with E-state index in [1.807, 2.05) is 25.1 Å². The Hall–Kier alpha value is -3.15. The summed E-state index contributed by atoms with van der Waals surface area (Å²) in [6, 6.07) is 14.3. The fourth-order valence-electron chi connectivity index (χ4n) is 2.12. The summed E-state index contributed by atoms with van der Waals surface area (Å²) in [5.41, 5.74) is 2.06. The number of ketones is 1. The van der Waals surface area contributed by atoms with Gasteiger partial charge in [0.15, 0.2) is 11.8 Å². The quantitative estimate of drug-likeness (QED) is 0.496. The second-order valence-corrected chi connectivity index (χ2v) is 5.39. The van der Waals surface area contributed by atoms with Crippen molar-refractivity contribution < 1.29 is 23.9 Å². The fraction of sp³-hybridized carbons (Fsp3) is 0.211. The van der Waals surface area contributed by atoms with Gasteiger partial charge in [-0.25, -0.2) is 9.59 Å². The Morgan fingerprint density at radius 2 is 1.64 bits per heavy atom. The molecule has 0 heterocycles. The lowest BCUT2D eigenvalue weighted by molar-refractivity contribution is -0.141. The first-order valence-corrected chi connectivity index (χ1v) is 7.67. The number of nitrogens with one attached hydrogen (secondary N) is 1. The van der Waals surface area contributed by atoms with Crippen LogP contribution in [0.2, 0.25) is 0 Å². The largest absolute Gasteiger partial charge is 0.467 e. The molecule has 0 bridgehead atoms. The van der Waals surface area contributed by atoms with Gasteiger partial charge in [0.2, 0.25) is 0 Å². The van der Waals surface area contributed by atoms with Crippen LogP contribution in [0.1, 0.15) is 21.5 Å². The van der Waals surface area contributed by atoms with E-state index in [0.29, 0.717) is 5.56 Å². The lowest BCUT2D eigenvalue weighted by Crippen LogP contribution is -2.47. The Morgan fingerprint density at radius 1 is 1.00 bits per heavy atom. The number of aryl methyl sites for hydroxylation is 1. The maximum atomic E-state index is 12.5. The second-order valence-electron chi connectivity index (χ2n) is 5.39. The number of alkyl carbamates (subject to hydrolysis) is 1. The summed E-state index contributed by atoms with van der Waals surface area (Å²) in [6.45, 7) is 1.91. The van der Waals surface area contributed by atoms with Crippen LogP contribution in [-0.4, -0.2) is 31.0 Å². The van der Waals surface area contributed by atoms with Gasteiger partial charge in [0, 0.05) is 5.56 Å². The van der Waals surface area contributed by atoms with E-state index >= 15 is 0 Å². The molecule has 6 nitrogen and oxygen atoms in total. The molecule has 2 rings (SSSR count). The van der Waals surface area contributed by atoms with E-state index in [1.54, 1.807) is 36.4 Å². The van der Waals surface area contributed by atoms with Crippen LogP contribution in [0.3, 0.4) is 0 Å². The molecule has 0 spiro atoms. The first kappa shape index (κ1) is 18.2. The lowest BCUT2D eigenvalue weighted by Gasteiger charge is -2.15. The number of esters is 1. The molecule has 0 aliphatic rings. The minimum Gasteiger partial charge on any atom is -0.467 e. The van der Waals surface area contributed by atoms with E-state index in [2.05, 4.69) is 10.1 Å². The zero-order chi connectivity index (χ0) is 18.2. The first-order valence-electron chi connectivity index (χ1n) is 7.67. The van der Waals surface area contributed by atoms with Crippen molar-refractivity contribution in [2.75, 3.05) is 7.11 Å². The molecule has 1 atom stereocenters. The summed E-state index contributed by atoms with van der Waals surface area (Å²) in [5.74, 6) is -1.43.